The fourth-order valence-electron chi connectivity index (χ4n) is 2.64. The topological polar surface area (TPSA) is 29.5 Å². The molecule has 22 heavy (non-hydrogen) atoms. The number of methoxy groups -OCH3 is 1. The Hall–Kier alpha value is -1.94. The number of carbonyl (C=O) groups excluding carboxylic acids is 1. The van der Waals surface area contributed by atoms with Gasteiger partial charge in [-0.3, -0.25) is 4.79 Å². The van der Waals surface area contributed by atoms with Crippen LogP contribution in [0.5, 0.6) is 5.75 Å². The lowest BCUT2D eigenvalue weighted by Gasteiger charge is -2.24. The maximum absolute atomic E-state index is 12.5. The van der Waals surface area contributed by atoms with Crippen molar-refractivity contribution in [3.63, 3.8) is 0 Å². The molecule has 1 aliphatic rings. The number of carbonyl (C=O) groups is 1. The lowest BCUT2D eigenvalue weighted by atomic mass is 10.1. The van der Waals surface area contributed by atoms with Crippen molar-refractivity contribution < 1.29 is 9.53 Å². The quantitative estimate of drug-likeness (QED) is 0.858. The zero-order chi connectivity index (χ0) is 15.5. The number of nitrogens with zero attached hydrogens (tertiary/aromatic N) is 1. The molecule has 3 nitrogen and oxygen atoms in total. The van der Waals surface area contributed by atoms with Crippen LogP contribution in [-0.2, 0) is 11.3 Å². The van der Waals surface area contributed by atoms with E-state index in [0.717, 1.165) is 16.9 Å². The first-order valence-electron chi connectivity index (χ1n) is 7.33. The minimum absolute atomic E-state index is 0.00388. The number of amides is 1. The Kier molecular flexibility index (Phi) is 4.39. The zero-order valence-corrected chi connectivity index (χ0v) is 13.5. The molecule has 2 aromatic carbocycles. The molecular formula is C18H19NO2S. The summed E-state index contributed by atoms with van der Waals surface area (Å²) >= 11 is 1.70. The molecule has 0 radical (unpaired) electrons. The molecule has 0 N–H and O–H groups in total. The van der Waals surface area contributed by atoms with Crippen LogP contribution in [-0.4, -0.2) is 23.2 Å². The van der Waals surface area contributed by atoms with Crippen LogP contribution in [0.15, 0.2) is 54.6 Å². The van der Waals surface area contributed by atoms with Crippen molar-refractivity contribution >= 4 is 17.7 Å². The first kappa shape index (κ1) is 15.0. The molecule has 1 saturated heterocycles. The largest absolute Gasteiger partial charge is 0.497 e. The Labute approximate surface area is 135 Å². The molecule has 0 unspecified atom stereocenters. The monoisotopic (exact) mass is 313 g/mol. The molecule has 2 aromatic rings. The molecule has 1 fully saturated rings. The minimum atomic E-state index is -0.00388. The van der Waals surface area contributed by atoms with Gasteiger partial charge in [-0.05, 0) is 30.2 Å². The number of hydrogen-bond donors (Lipinski definition) is 0. The highest BCUT2D eigenvalue weighted by Crippen LogP contribution is 2.43. The standard InChI is InChI=1S/C18H19NO2S/c1-13-17(20)19(12-14-6-4-3-5-7-14)18(22-13)15-8-10-16(21-2)11-9-15/h3-11,13,18H,12H2,1-2H3/t13-,18+/m0/s1. The van der Waals surface area contributed by atoms with Crippen LogP contribution in [0.2, 0.25) is 0 Å². The van der Waals surface area contributed by atoms with Crippen molar-refractivity contribution in [3.8, 4) is 5.75 Å². The maximum atomic E-state index is 12.5. The number of ether oxygens (including phenoxy) is 1. The van der Waals surface area contributed by atoms with E-state index in [1.54, 1.807) is 18.9 Å². The second-order valence-corrected chi connectivity index (χ2v) is 6.78. The second-order valence-electron chi connectivity index (χ2n) is 5.36. The van der Waals surface area contributed by atoms with Gasteiger partial charge in [-0.15, -0.1) is 11.8 Å². The molecule has 2 atom stereocenters. The second kappa shape index (κ2) is 6.44. The lowest BCUT2D eigenvalue weighted by molar-refractivity contribution is -0.130. The van der Waals surface area contributed by atoms with Crippen molar-refractivity contribution in [2.24, 2.45) is 0 Å². The van der Waals surface area contributed by atoms with Crippen molar-refractivity contribution in [2.75, 3.05) is 7.11 Å². The Bertz CT molecular complexity index is 642. The molecular weight excluding hydrogens is 294 g/mol. The Morgan fingerprint density at radius 3 is 2.41 bits per heavy atom. The number of hydrogen-bond acceptors (Lipinski definition) is 3. The number of thioether (sulfide) groups is 1. The molecule has 0 aromatic heterocycles. The first-order chi connectivity index (χ1) is 10.7. The van der Waals surface area contributed by atoms with Crippen molar-refractivity contribution in [1.82, 2.24) is 4.90 Å². The molecule has 0 spiro atoms. The lowest BCUT2D eigenvalue weighted by Crippen LogP contribution is -2.29. The fraction of sp³-hybridized carbons (Fsp3) is 0.278. The van der Waals surface area contributed by atoms with Gasteiger partial charge >= 0.3 is 0 Å². The van der Waals surface area contributed by atoms with Crippen molar-refractivity contribution in [2.45, 2.75) is 24.1 Å². The van der Waals surface area contributed by atoms with Crippen molar-refractivity contribution in [3.05, 3.63) is 65.7 Å². The Balaban J connectivity index is 1.85. The molecule has 0 saturated carbocycles. The van der Waals surface area contributed by atoms with Crippen LogP contribution in [0.1, 0.15) is 23.4 Å². The molecule has 4 heteroatoms. The van der Waals surface area contributed by atoms with Gasteiger partial charge in [-0.25, -0.2) is 0 Å². The van der Waals surface area contributed by atoms with Gasteiger partial charge in [0.15, 0.2) is 0 Å². The summed E-state index contributed by atoms with van der Waals surface area (Å²) in [7, 11) is 1.66. The summed E-state index contributed by atoms with van der Waals surface area (Å²) in [6, 6.07) is 18.1. The highest BCUT2D eigenvalue weighted by molar-refractivity contribution is 8.01. The van der Waals surface area contributed by atoms with Crippen LogP contribution in [0.25, 0.3) is 0 Å². The van der Waals surface area contributed by atoms with E-state index in [2.05, 4.69) is 12.1 Å². The summed E-state index contributed by atoms with van der Waals surface area (Å²) in [5.74, 6) is 1.04. The zero-order valence-electron chi connectivity index (χ0n) is 12.7. The van der Waals surface area contributed by atoms with Gasteiger partial charge in [0.1, 0.15) is 11.1 Å². The molecule has 0 bridgehead atoms. The predicted octanol–water partition coefficient (Wildman–Crippen LogP) is 3.86. The Morgan fingerprint density at radius 1 is 1.09 bits per heavy atom. The predicted molar refractivity (Wildman–Crippen MR) is 89.8 cm³/mol. The van der Waals surface area contributed by atoms with Gasteiger partial charge in [0.2, 0.25) is 5.91 Å². The fourth-order valence-corrected chi connectivity index (χ4v) is 3.92. The third-order valence-corrected chi connectivity index (χ3v) is 5.24. The third kappa shape index (κ3) is 2.97. The third-order valence-electron chi connectivity index (χ3n) is 3.84. The average molecular weight is 313 g/mol. The van der Waals surface area contributed by atoms with Gasteiger partial charge in [0.05, 0.1) is 12.4 Å². The molecule has 1 aliphatic heterocycles. The van der Waals surface area contributed by atoms with E-state index in [9.17, 15) is 4.79 Å². The summed E-state index contributed by atoms with van der Waals surface area (Å²) in [4.78, 5) is 14.5. The summed E-state index contributed by atoms with van der Waals surface area (Å²) in [6.07, 6.45) is 0. The SMILES string of the molecule is COc1ccc([C@H]2S[C@@H](C)C(=O)N2Cc2ccccc2)cc1. The van der Waals surface area contributed by atoms with Gasteiger partial charge in [-0.2, -0.15) is 0 Å². The van der Waals surface area contributed by atoms with Gasteiger partial charge < -0.3 is 9.64 Å². The van der Waals surface area contributed by atoms with E-state index in [-0.39, 0.29) is 16.5 Å². The van der Waals surface area contributed by atoms with Crippen LogP contribution in [0, 0.1) is 0 Å². The van der Waals surface area contributed by atoms with Gasteiger partial charge in [0.25, 0.3) is 0 Å². The average Bonchev–Trinajstić information content (AvgIpc) is 2.84. The molecule has 1 heterocycles. The van der Waals surface area contributed by atoms with E-state index in [4.69, 9.17) is 4.74 Å². The summed E-state index contributed by atoms with van der Waals surface area (Å²) in [5, 5.41) is 0.0597. The van der Waals surface area contributed by atoms with Crippen molar-refractivity contribution in [1.29, 1.82) is 0 Å². The van der Waals surface area contributed by atoms with Crippen LogP contribution < -0.4 is 4.74 Å². The van der Waals surface area contributed by atoms with E-state index < -0.39 is 0 Å². The van der Waals surface area contributed by atoms with Crippen LogP contribution in [0.3, 0.4) is 0 Å². The highest BCUT2D eigenvalue weighted by Gasteiger charge is 2.38. The Morgan fingerprint density at radius 2 is 1.77 bits per heavy atom. The van der Waals surface area contributed by atoms with E-state index in [1.165, 1.54) is 0 Å². The highest BCUT2D eigenvalue weighted by atomic mass is 32.2. The molecule has 114 valence electrons. The van der Waals surface area contributed by atoms with Gasteiger partial charge in [0, 0.05) is 6.54 Å². The van der Waals surface area contributed by atoms with Gasteiger partial charge in [-0.1, -0.05) is 42.5 Å². The van der Waals surface area contributed by atoms with E-state index in [1.807, 2.05) is 54.3 Å². The maximum Gasteiger partial charge on any atom is 0.236 e. The summed E-state index contributed by atoms with van der Waals surface area (Å²) < 4.78 is 5.21. The summed E-state index contributed by atoms with van der Waals surface area (Å²) in [6.45, 7) is 2.63. The normalized spacial score (nSPS) is 21.2. The summed E-state index contributed by atoms with van der Waals surface area (Å²) in [5.41, 5.74) is 2.29. The molecule has 1 amide bonds. The first-order valence-corrected chi connectivity index (χ1v) is 8.27. The minimum Gasteiger partial charge on any atom is -0.497 e. The smallest absolute Gasteiger partial charge is 0.236 e. The van der Waals surface area contributed by atoms with Crippen LogP contribution in [0.4, 0.5) is 0 Å². The molecule has 3 rings (SSSR count). The number of rotatable bonds is 4. The molecule has 0 aliphatic carbocycles. The van der Waals surface area contributed by atoms with E-state index >= 15 is 0 Å². The van der Waals surface area contributed by atoms with Crippen LogP contribution >= 0.6 is 11.8 Å². The van der Waals surface area contributed by atoms with E-state index in [0.29, 0.717) is 6.54 Å². The number of benzene rings is 2.